The number of sulfone groups is 1. The van der Waals surface area contributed by atoms with Gasteiger partial charge < -0.3 is 5.73 Å². The highest BCUT2D eigenvalue weighted by molar-refractivity contribution is 9.10. The van der Waals surface area contributed by atoms with E-state index in [4.69, 9.17) is 5.73 Å². The van der Waals surface area contributed by atoms with Crippen LogP contribution >= 0.6 is 15.9 Å². The van der Waals surface area contributed by atoms with Gasteiger partial charge in [-0.3, -0.25) is 0 Å². The summed E-state index contributed by atoms with van der Waals surface area (Å²) in [4.78, 5) is 0. The molecule has 0 saturated heterocycles. The van der Waals surface area contributed by atoms with Crippen LogP contribution in [0.15, 0.2) is 22.7 Å². The van der Waals surface area contributed by atoms with Crippen LogP contribution in [0, 0.1) is 0 Å². The molecule has 0 aliphatic rings. The molecule has 1 heterocycles. The first kappa shape index (κ1) is 15.9. The van der Waals surface area contributed by atoms with Crippen LogP contribution < -0.4 is 5.73 Å². The van der Waals surface area contributed by atoms with Crippen molar-refractivity contribution in [2.75, 3.05) is 12.0 Å². The van der Waals surface area contributed by atoms with Gasteiger partial charge in [-0.1, -0.05) is 15.9 Å². The molecule has 1 aromatic carbocycles. The van der Waals surface area contributed by atoms with Gasteiger partial charge >= 0.3 is 0 Å². The number of hydrogen-bond donors (Lipinski definition) is 1. The molecule has 0 fully saturated rings. The van der Waals surface area contributed by atoms with Crippen molar-refractivity contribution in [3.05, 3.63) is 22.7 Å². The van der Waals surface area contributed by atoms with Crippen LogP contribution in [-0.4, -0.2) is 39.6 Å². The molecule has 0 unspecified atom stereocenters. The maximum Gasteiger partial charge on any atom is 0.183 e. The summed E-state index contributed by atoms with van der Waals surface area (Å²) in [5.74, 6) is 0.464. The summed E-state index contributed by atoms with van der Waals surface area (Å²) < 4.78 is 24.9. The number of benzene rings is 1. The second kappa shape index (κ2) is 5.38. The Hall–Kier alpha value is -1.48. The maximum absolute atomic E-state index is 11.8. The van der Waals surface area contributed by atoms with E-state index in [1.165, 1.54) is 10.9 Å². The lowest BCUT2D eigenvalue weighted by Gasteiger charge is -2.22. The number of hydrogen-bond acceptors (Lipinski definition) is 6. The zero-order valence-electron chi connectivity index (χ0n) is 11.9. The number of rotatable bonds is 4. The highest BCUT2D eigenvalue weighted by atomic mass is 79.9. The molecule has 0 amide bonds. The number of tetrazole rings is 1. The molecular weight excluding hydrogens is 358 g/mol. The summed E-state index contributed by atoms with van der Waals surface area (Å²) >= 11 is 3.42. The van der Waals surface area contributed by atoms with Crippen LogP contribution in [0.2, 0.25) is 0 Å². The lowest BCUT2D eigenvalue weighted by atomic mass is 10.1. The SMILES string of the molecule is CC(C)(Cn1nnnc1-c1cc(N)ccc1Br)S(C)(=O)=O. The van der Waals surface area contributed by atoms with Gasteiger partial charge in [0.1, 0.15) is 0 Å². The maximum atomic E-state index is 11.8. The quantitative estimate of drug-likeness (QED) is 0.814. The van der Waals surface area contributed by atoms with Crippen LogP contribution in [0.3, 0.4) is 0 Å². The zero-order chi connectivity index (χ0) is 15.8. The second-order valence-electron chi connectivity index (χ2n) is 5.43. The van der Waals surface area contributed by atoms with Crippen LogP contribution in [0.5, 0.6) is 0 Å². The van der Waals surface area contributed by atoms with E-state index >= 15 is 0 Å². The van der Waals surface area contributed by atoms with E-state index in [-0.39, 0.29) is 6.54 Å². The van der Waals surface area contributed by atoms with Gasteiger partial charge in [-0.2, -0.15) is 0 Å². The van der Waals surface area contributed by atoms with Crippen LogP contribution in [0.25, 0.3) is 11.4 Å². The smallest absolute Gasteiger partial charge is 0.183 e. The Bertz CT molecular complexity index is 770. The standard InChI is InChI=1S/C12H16BrN5O2S/c1-12(2,21(3,19)20)7-18-11(15-16-17-18)9-6-8(14)4-5-10(9)13/h4-6H,7,14H2,1-3H3. The van der Waals surface area contributed by atoms with Gasteiger partial charge in [0, 0.05) is 22.0 Å². The van der Waals surface area contributed by atoms with Crippen molar-refractivity contribution in [2.45, 2.75) is 25.1 Å². The number of nitrogen functional groups attached to an aromatic ring is 1. The Labute approximate surface area is 131 Å². The summed E-state index contributed by atoms with van der Waals surface area (Å²) in [6.07, 6.45) is 1.20. The topological polar surface area (TPSA) is 104 Å². The molecule has 2 rings (SSSR count). The predicted octanol–water partition coefficient (Wildman–Crippen LogP) is 1.51. The fourth-order valence-electron chi connectivity index (χ4n) is 1.70. The highest BCUT2D eigenvalue weighted by Crippen LogP contribution is 2.29. The van der Waals surface area contributed by atoms with Crippen molar-refractivity contribution in [1.29, 1.82) is 0 Å². The lowest BCUT2D eigenvalue weighted by molar-refractivity contribution is 0.471. The first-order valence-electron chi connectivity index (χ1n) is 6.13. The van der Waals surface area contributed by atoms with E-state index in [0.717, 1.165) is 4.47 Å². The Morgan fingerprint density at radius 3 is 2.67 bits per heavy atom. The second-order valence-corrected chi connectivity index (χ2v) is 8.94. The molecule has 1 aromatic heterocycles. The lowest BCUT2D eigenvalue weighted by Crippen LogP contribution is -2.36. The molecule has 2 N–H and O–H groups in total. The molecule has 0 atom stereocenters. The zero-order valence-corrected chi connectivity index (χ0v) is 14.3. The third kappa shape index (κ3) is 3.24. The van der Waals surface area contributed by atoms with Gasteiger partial charge in [-0.25, -0.2) is 13.1 Å². The number of aromatic nitrogens is 4. The van der Waals surface area contributed by atoms with Crippen molar-refractivity contribution in [3.63, 3.8) is 0 Å². The first-order valence-corrected chi connectivity index (χ1v) is 8.81. The molecule has 114 valence electrons. The van der Waals surface area contributed by atoms with E-state index in [1.54, 1.807) is 32.0 Å². The van der Waals surface area contributed by atoms with Crippen molar-refractivity contribution in [2.24, 2.45) is 0 Å². The summed E-state index contributed by atoms with van der Waals surface area (Å²) in [6.45, 7) is 3.43. The number of halogens is 1. The van der Waals surface area contributed by atoms with Crippen LogP contribution in [0.1, 0.15) is 13.8 Å². The largest absolute Gasteiger partial charge is 0.399 e. The molecule has 7 nitrogen and oxygen atoms in total. The molecular formula is C12H16BrN5O2S. The highest BCUT2D eigenvalue weighted by Gasteiger charge is 2.32. The van der Waals surface area contributed by atoms with Crippen molar-refractivity contribution >= 4 is 31.5 Å². The average molecular weight is 374 g/mol. The van der Waals surface area contributed by atoms with Crippen molar-refractivity contribution in [1.82, 2.24) is 20.2 Å². The monoisotopic (exact) mass is 373 g/mol. The van der Waals surface area contributed by atoms with Gasteiger partial charge in [0.05, 0.1) is 11.3 Å². The normalized spacial score (nSPS) is 12.6. The van der Waals surface area contributed by atoms with Gasteiger partial charge in [0.15, 0.2) is 15.7 Å². The van der Waals surface area contributed by atoms with Gasteiger partial charge in [0.2, 0.25) is 0 Å². The molecule has 0 saturated carbocycles. The molecule has 0 radical (unpaired) electrons. The molecule has 0 aliphatic carbocycles. The number of nitrogens with zero attached hydrogens (tertiary/aromatic N) is 4. The van der Waals surface area contributed by atoms with Crippen LogP contribution in [0.4, 0.5) is 5.69 Å². The van der Waals surface area contributed by atoms with Crippen molar-refractivity contribution in [3.8, 4) is 11.4 Å². The molecule has 9 heteroatoms. The summed E-state index contributed by atoms with van der Waals surface area (Å²) in [6, 6.07) is 5.28. The van der Waals surface area contributed by atoms with E-state index in [9.17, 15) is 8.42 Å². The fourth-order valence-corrected chi connectivity index (χ4v) is 2.48. The third-order valence-corrected chi connectivity index (χ3v) is 6.13. The van der Waals surface area contributed by atoms with E-state index in [0.29, 0.717) is 17.1 Å². The first-order chi connectivity index (χ1) is 9.62. The van der Waals surface area contributed by atoms with Gasteiger partial charge in [-0.05, 0) is 42.5 Å². The fraction of sp³-hybridized carbons (Fsp3) is 0.417. The van der Waals surface area contributed by atoms with Crippen molar-refractivity contribution < 1.29 is 8.42 Å². The summed E-state index contributed by atoms with van der Waals surface area (Å²) in [5, 5.41) is 11.5. The van der Waals surface area contributed by atoms with Crippen LogP contribution in [-0.2, 0) is 16.4 Å². The Morgan fingerprint density at radius 2 is 2.05 bits per heavy atom. The summed E-state index contributed by atoms with van der Waals surface area (Å²) in [7, 11) is -3.25. The minimum Gasteiger partial charge on any atom is -0.399 e. The summed E-state index contributed by atoms with van der Waals surface area (Å²) in [5.41, 5.74) is 7.07. The predicted molar refractivity (Wildman–Crippen MR) is 84.3 cm³/mol. The third-order valence-electron chi connectivity index (χ3n) is 3.30. The molecule has 2 aromatic rings. The Balaban J connectivity index is 2.47. The minimum absolute atomic E-state index is 0.148. The number of nitrogens with two attached hydrogens (primary N) is 1. The Morgan fingerprint density at radius 1 is 1.38 bits per heavy atom. The van der Waals surface area contributed by atoms with E-state index < -0.39 is 14.6 Å². The van der Waals surface area contributed by atoms with E-state index in [1.807, 2.05) is 0 Å². The Kier molecular flexibility index (Phi) is 4.07. The molecule has 0 bridgehead atoms. The van der Waals surface area contributed by atoms with E-state index in [2.05, 4.69) is 31.5 Å². The molecule has 0 spiro atoms. The minimum atomic E-state index is -3.25. The molecule has 0 aliphatic heterocycles. The van der Waals surface area contributed by atoms with Gasteiger partial charge in [-0.15, -0.1) is 5.10 Å². The molecule has 21 heavy (non-hydrogen) atoms. The number of anilines is 1. The van der Waals surface area contributed by atoms with Gasteiger partial charge in [0.25, 0.3) is 0 Å². The average Bonchev–Trinajstić information content (AvgIpc) is 2.78.